The molecule has 1 saturated heterocycles. The second-order valence-electron chi connectivity index (χ2n) is 3.89. The van der Waals surface area contributed by atoms with E-state index in [9.17, 15) is 4.79 Å². The Labute approximate surface area is 93.9 Å². The van der Waals surface area contributed by atoms with Crippen LogP contribution in [0.5, 0.6) is 0 Å². The highest BCUT2D eigenvalue weighted by atomic mass is 79.9. The number of nitrogens with zero attached hydrogens (tertiary/aromatic N) is 1. The van der Waals surface area contributed by atoms with Crippen molar-refractivity contribution in [3.63, 3.8) is 0 Å². The van der Waals surface area contributed by atoms with Crippen molar-refractivity contribution < 1.29 is 9.53 Å². The minimum Gasteiger partial charge on any atom is -0.378 e. The Morgan fingerprint density at radius 2 is 2.43 bits per heavy atom. The van der Waals surface area contributed by atoms with Gasteiger partial charge in [-0.15, -0.1) is 0 Å². The number of carbonyl (C=O) groups is 1. The first-order valence-electron chi connectivity index (χ1n) is 5.09. The summed E-state index contributed by atoms with van der Waals surface area (Å²) < 4.78 is 5.42. The monoisotopic (exact) mass is 263 g/mol. The SMILES string of the molecule is CC(Br)CN(C)C(=O)CC1CCCO1. The maximum atomic E-state index is 11.7. The summed E-state index contributed by atoms with van der Waals surface area (Å²) in [4.78, 5) is 13.8. The van der Waals surface area contributed by atoms with Crippen LogP contribution in [0, 0.1) is 0 Å². The van der Waals surface area contributed by atoms with Crippen LogP contribution < -0.4 is 0 Å². The van der Waals surface area contributed by atoms with E-state index in [-0.39, 0.29) is 12.0 Å². The molecule has 82 valence electrons. The van der Waals surface area contributed by atoms with Crippen LogP contribution in [0.25, 0.3) is 0 Å². The minimum atomic E-state index is 0.163. The van der Waals surface area contributed by atoms with Crippen molar-refractivity contribution >= 4 is 21.8 Å². The lowest BCUT2D eigenvalue weighted by Gasteiger charge is -2.20. The molecule has 0 bridgehead atoms. The molecule has 2 atom stereocenters. The van der Waals surface area contributed by atoms with Crippen molar-refractivity contribution in [2.24, 2.45) is 0 Å². The number of ether oxygens (including phenoxy) is 1. The zero-order valence-electron chi connectivity index (χ0n) is 8.83. The summed E-state index contributed by atoms with van der Waals surface area (Å²) in [5, 5.41) is 0. The third kappa shape index (κ3) is 3.96. The van der Waals surface area contributed by atoms with E-state index < -0.39 is 0 Å². The van der Waals surface area contributed by atoms with E-state index in [2.05, 4.69) is 15.9 Å². The summed E-state index contributed by atoms with van der Waals surface area (Å²) >= 11 is 3.43. The predicted octanol–water partition coefficient (Wildman–Crippen LogP) is 1.80. The zero-order valence-corrected chi connectivity index (χ0v) is 10.4. The number of halogens is 1. The molecule has 0 aliphatic carbocycles. The molecule has 1 aliphatic heterocycles. The Balaban J connectivity index is 2.25. The summed E-state index contributed by atoms with van der Waals surface area (Å²) in [7, 11) is 1.84. The molecular formula is C10H18BrNO2. The zero-order chi connectivity index (χ0) is 10.6. The van der Waals surface area contributed by atoms with Crippen LogP contribution in [0.3, 0.4) is 0 Å². The van der Waals surface area contributed by atoms with Crippen molar-refractivity contribution in [2.45, 2.75) is 37.1 Å². The van der Waals surface area contributed by atoms with Gasteiger partial charge < -0.3 is 9.64 Å². The Bertz CT molecular complexity index is 191. The van der Waals surface area contributed by atoms with Gasteiger partial charge in [0.2, 0.25) is 5.91 Å². The molecule has 4 heteroatoms. The van der Waals surface area contributed by atoms with Gasteiger partial charge in [-0.2, -0.15) is 0 Å². The lowest BCUT2D eigenvalue weighted by molar-refractivity contribution is -0.132. The number of alkyl halides is 1. The second kappa shape index (κ2) is 5.71. The van der Waals surface area contributed by atoms with Crippen LogP contribution in [0.15, 0.2) is 0 Å². The first-order chi connectivity index (χ1) is 6.59. The molecule has 0 N–H and O–H groups in total. The fourth-order valence-electron chi connectivity index (χ4n) is 1.64. The van der Waals surface area contributed by atoms with E-state index in [0.29, 0.717) is 11.2 Å². The van der Waals surface area contributed by atoms with Crippen LogP contribution in [0.1, 0.15) is 26.2 Å². The highest BCUT2D eigenvalue weighted by Crippen LogP contribution is 2.16. The largest absolute Gasteiger partial charge is 0.378 e. The van der Waals surface area contributed by atoms with Gasteiger partial charge >= 0.3 is 0 Å². The Hall–Kier alpha value is -0.0900. The molecule has 1 fully saturated rings. The van der Waals surface area contributed by atoms with E-state index in [1.54, 1.807) is 4.90 Å². The van der Waals surface area contributed by atoms with Crippen LogP contribution >= 0.6 is 15.9 Å². The summed E-state index contributed by atoms with van der Waals surface area (Å²) in [6, 6.07) is 0. The lowest BCUT2D eigenvalue weighted by atomic mass is 10.1. The number of hydrogen-bond acceptors (Lipinski definition) is 2. The molecule has 1 aliphatic rings. The molecule has 0 radical (unpaired) electrons. The Morgan fingerprint density at radius 3 is 2.93 bits per heavy atom. The fourth-order valence-corrected chi connectivity index (χ4v) is 2.07. The van der Waals surface area contributed by atoms with Gasteiger partial charge in [0.05, 0.1) is 12.5 Å². The van der Waals surface area contributed by atoms with Crippen LogP contribution in [-0.2, 0) is 9.53 Å². The van der Waals surface area contributed by atoms with Crippen molar-refractivity contribution in [3.8, 4) is 0 Å². The molecule has 14 heavy (non-hydrogen) atoms. The summed E-state index contributed by atoms with van der Waals surface area (Å²) in [6.07, 6.45) is 2.83. The molecule has 2 unspecified atom stereocenters. The van der Waals surface area contributed by atoms with Gasteiger partial charge in [0.15, 0.2) is 0 Å². The van der Waals surface area contributed by atoms with Crippen molar-refractivity contribution in [3.05, 3.63) is 0 Å². The molecule has 1 heterocycles. The first kappa shape index (κ1) is 12.0. The highest BCUT2D eigenvalue weighted by molar-refractivity contribution is 9.09. The van der Waals surface area contributed by atoms with Crippen LogP contribution in [0.2, 0.25) is 0 Å². The summed E-state index contributed by atoms with van der Waals surface area (Å²) in [5.41, 5.74) is 0. The average Bonchev–Trinajstić information content (AvgIpc) is 2.55. The first-order valence-corrected chi connectivity index (χ1v) is 6.01. The predicted molar refractivity (Wildman–Crippen MR) is 59.6 cm³/mol. The van der Waals surface area contributed by atoms with Gasteiger partial charge in [0, 0.05) is 25.0 Å². The van der Waals surface area contributed by atoms with Gasteiger partial charge in [0.25, 0.3) is 0 Å². The Morgan fingerprint density at radius 1 is 1.71 bits per heavy atom. The fraction of sp³-hybridized carbons (Fsp3) is 0.900. The molecule has 1 rings (SSSR count). The third-order valence-electron chi connectivity index (χ3n) is 2.38. The van der Waals surface area contributed by atoms with E-state index in [1.807, 2.05) is 14.0 Å². The van der Waals surface area contributed by atoms with Crippen molar-refractivity contribution in [1.82, 2.24) is 4.90 Å². The third-order valence-corrected chi connectivity index (χ3v) is 2.67. The van der Waals surface area contributed by atoms with E-state index in [1.165, 1.54) is 0 Å². The van der Waals surface area contributed by atoms with E-state index >= 15 is 0 Å². The molecule has 1 amide bonds. The van der Waals surface area contributed by atoms with E-state index in [0.717, 1.165) is 26.0 Å². The minimum absolute atomic E-state index is 0.163. The lowest BCUT2D eigenvalue weighted by Crippen LogP contribution is -2.33. The highest BCUT2D eigenvalue weighted by Gasteiger charge is 2.21. The number of hydrogen-bond donors (Lipinski definition) is 0. The molecule has 0 aromatic rings. The quantitative estimate of drug-likeness (QED) is 0.724. The van der Waals surface area contributed by atoms with Gasteiger partial charge in [-0.05, 0) is 12.8 Å². The second-order valence-corrected chi connectivity index (χ2v) is 5.46. The number of carbonyl (C=O) groups excluding carboxylic acids is 1. The topological polar surface area (TPSA) is 29.5 Å². The molecule has 0 saturated carbocycles. The van der Waals surface area contributed by atoms with Crippen LogP contribution in [-0.4, -0.2) is 41.9 Å². The number of rotatable bonds is 4. The maximum Gasteiger partial charge on any atom is 0.224 e. The molecule has 3 nitrogen and oxygen atoms in total. The maximum absolute atomic E-state index is 11.7. The van der Waals surface area contributed by atoms with Gasteiger partial charge in [-0.25, -0.2) is 0 Å². The molecule has 0 spiro atoms. The average molecular weight is 264 g/mol. The van der Waals surface area contributed by atoms with Gasteiger partial charge in [-0.3, -0.25) is 4.79 Å². The smallest absolute Gasteiger partial charge is 0.224 e. The summed E-state index contributed by atoms with van der Waals surface area (Å²) in [6.45, 7) is 3.61. The standard InChI is InChI=1S/C10H18BrNO2/c1-8(11)7-12(2)10(13)6-9-4-3-5-14-9/h8-9H,3-7H2,1-2H3. The molecule has 0 aromatic heterocycles. The molecule has 0 aromatic carbocycles. The van der Waals surface area contributed by atoms with Crippen molar-refractivity contribution in [2.75, 3.05) is 20.2 Å². The summed E-state index contributed by atoms with van der Waals surface area (Å²) in [5.74, 6) is 0.184. The normalized spacial score (nSPS) is 23.5. The molecular weight excluding hydrogens is 246 g/mol. The van der Waals surface area contributed by atoms with E-state index in [4.69, 9.17) is 4.74 Å². The van der Waals surface area contributed by atoms with Crippen molar-refractivity contribution in [1.29, 1.82) is 0 Å². The van der Waals surface area contributed by atoms with Crippen LogP contribution in [0.4, 0.5) is 0 Å². The Kier molecular flexibility index (Phi) is 4.89. The number of amides is 1. The van der Waals surface area contributed by atoms with Gasteiger partial charge in [-0.1, -0.05) is 22.9 Å². The van der Waals surface area contributed by atoms with Gasteiger partial charge in [0.1, 0.15) is 0 Å².